The van der Waals surface area contributed by atoms with Gasteiger partial charge in [0.1, 0.15) is 0 Å². The molecule has 1 aromatic rings. The Morgan fingerprint density at radius 2 is 2.35 bits per heavy atom. The van der Waals surface area contributed by atoms with E-state index < -0.39 is 12.6 Å². The summed E-state index contributed by atoms with van der Waals surface area (Å²) >= 11 is 7.21. The summed E-state index contributed by atoms with van der Waals surface area (Å²) in [4.78, 5) is 21.7. The summed E-state index contributed by atoms with van der Waals surface area (Å²) in [5.41, 5.74) is 0.397. The lowest BCUT2D eigenvalue weighted by atomic mass is 10.2. The quantitative estimate of drug-likeness (QED) is 0.587. The zero-order valence-corrected chi connectivity index (χ0v) is 13.5. The minimum Gasteiger partial charge on any atom is -0.493 e. The first kappa shape index (κ1) is 17.1. The standard InChI is InChI=1S/C13H12ClN3O5S/c1-21-9-3-8(14)2-7(12(9)22-5-11(19)20)4-15-17-13-16-10(18)6-23-13/h2-4H,5-6H2,1H3,(H,19,20)(H,16,17,18). The second-order valence-electron chi connectivity index (χ2n) is 4.20. The fourth-order valence-electron chi connectivity index (χ4n) is 1.65. The Hall–Kier alpha value is -2.26. The van der Waals surface area contributed by atoms with Crippen LogP contribution in [0, 0.1) is 0 Å². The number of aliphatic carboxylic acids is 1. The smallest absolute Gasteiger partial charge is 0.341 e. The second-order valence-corrected chi connectivity index (χ2v) is 5.60. The molecule has 0 aromatic heterocycles. The summed E-state index contributed by atoms with van der Waals surface area (Å²) in [7, 11) is 1.41. The number of rotatable bonds is 6. The minimum atomic E-state index is -1.13. The number of carbonyl (C=O) groups excluding carboxylic acids is 1. The van der Waals surface area contributed by atoms with Gasteiger partial charge in [0.25, 0.3) is 0 Å². The molecule has 0 aliphatic carbocycles. The van der Waals surface area contributed by atoms with Crippen molar-refractivity contribution in [2.24, 2.45) is 10.2 Å². The van der Waals surface area contributed by atoms with E-state index in [1.54, 1.807) is 0 Å². The number of hydrogen-bond donors (Lipinski definition) is 2. The van der Waals surface area contributed by atoms with Crippen LogP contribution in [0.3, 0.4) is 0 Å². The van der Waals surface area contributed by atoms with Crippen LogP contribution in [0.4, 0.5) is 0 Å². The molecule has 122 valence electrons. The van der Waals surface area contributed by atoms with Gasteiger partial charge in [-0.1, -0.05) is 23.4 Å². The Labute approximate surface area is 140 Å². The molecule has 10 heteroatoms. The number of benzene rings is 1. The van der Waals surface area contributed by atoms with E-state index in [4.69, 9.17) is 26.2 Å². The molecule has 1 aliphatic heterocycles. The third-order valence-corrected chi connectivity index (χ3v) is 3.62. The van der Waals surface area contributed by atoms with E-state index in [2.05, 4.69) is 15.5 Å². The number of hydrogen-bond acceptors (Lipinski definition) is 7. The summed E-state index contributed by atoms with van der Waals surface area (Å²) in [5.74, 6) is -0.511. The highest BCUT2D eigenvalue weighted by Gasteiger charge is 2.16. The zero-order valence-electron chi connectivity index (χ0n) is 11.9. The fraction of sp³-hybridized carbons (Fsp3) is 0.231. The first-order chi connectivity index (χ1) is 11.0. The number of carbonyl (C=O) groups is 2. The van der Waals surface area contributed by atoms with Crippen LogP contribution in [0.25, 0.3) is 0 Å². The van der Waals surface area contributed by atoms with E-state index in [1.165, 1.54) is 37.2 Å². The Kier molecular flexibility index (Phi) is 5.83. The molecule has 0 saturated carbocycles. The largest absolute Gasteiger partial charge is 0.493 e. The molecule has 8 nitrogen and oxygen atoms in total. The molecule has 2 N–H and O–H groups in total. The van der Waals surface area contributed by atoms with Crippen molar-refractivity contribution in [1.29, 1.82) is 0 Å². The molecule has 1 saturated heterocycles. The lowest BCUT2D eigenvalue weighted by Crippen LogP contribution is -2.19. The van der Waals surface area contributed by atoms with Crippen molar-refractivity contribution in [3.05, 3.63) is 22.7 Å². The highest BCUT2D eigenvalue weighted by Crippen LogP contribution is 2.33. The number of nitrogens with one attached hydrogen (secondary N) is 1. The monoisotopic (exact) mass is 357 g/mol. The van der Waals surface area contributed by atoms with Crippen molar-refractivity contribution < 1.29 is 24.2 Å². The van der Waals surface area contributed by atoms with Gasteiger partial charge in [0, 0.05) is 16.7 Å². The predicted molar refractivity (Wildman–Crippen MR) is 86.8 cm³/mol. The van der Waals surface area contributed by atoms with Crippen LogP contribution in [-0.4, -0.2) is 47.8 Å². The summed E-state index contributed by atoms with van der Waals surface area (Å²) in [6.07, 6.45) is 1.34. The van der Waals surface area contributed by atoms with Crippen LogP contribution in [0.2, 0.25) is 5.02 Å². The van der Waals surface area contributed by atoms with Crippen LogP contribution in [0.15, 0.2) is 22.3 Å². The van der Waals surface area contributed by atoms with Crippen LogP contribution >= 0.6 is 23.4 Å². The third kappa shape index (κ3) is 4.86. The number of carboxylic acid groups (broad SMARTS) is 1. The molecular formula is C13H12ClN3O5S. The number of thioether (sulfide) groups is 1. The van der Waals surface area contributed by atoms with Gasteiger partial charge in [-0.3, -0.25) is 4.79 Å². The molecule has 0 bridgehead atoms. The molecule has 1 fully saturated rings. The van der Waals surface area contributed by atoms with Crippen molar-refractivity contribution in [3.8, 4) is 11.5 Å². The molecule has 0 atom stereocenters. The lowest BCUT2D eigenvalue weighted by molar-refractivity contribution is -0.139. The van der Waals surface area contributed by atoms with Crippen molar-refractivity contribution in [2.45, 2.75) is 0 Å². The molecule has 2 rings (SSSR count). The third-order valence-electron chi connectivity index (χ3n) is 2.54. The molecule has 0 spiro atoms. The van der Waals surface area contributed by atoms with Gasteiger partial charge in [0.15, 0.2) is 23.3 Å². The SMILES string of the molecule is COc1cc(Cl)cc(C=NN=C2NC(=O)CS2)c1OCC(=O)O. The van der Waals surface area contributed by atoms with Crippen LogP contribution < -0.4 is 14.8 Å². The Balaban J connectivity index is 2.26. The molecule has 1 heterocycles. The van der Waals surface area contributed by atoms with Gasteiger partial charge in [-0.25, -0.2) is 4.79 Å². The number of nitrogens with zero attached hydrogens (tertiary/aromatic N) is 2. The number of methoxy groups -OCH3 is 1. The molecule has 1 aliphatic rings. The number of halogens is 1. The maximum atomic E-state index is 11.0. The Bertz CT molecular complexity index is 692. The first-order valence-electron chi connectivity index (χ1n) is 6.25. The number of ether oxygens (including phenoxy) is 2. The van der Waals surface area contributed by atoms with Gasteiger partial charge in [-0.05, 0) is 6.07 Å². The van der Waals surface area contributed by atoms with Crippen LogP contribution in [0.5, 0.6) is 11.5 Å². The van der Waals surface area contributed by atoms with Crippen molar-refractivity contribution in [3.63, 3.8) is 0 Å². The Morgan fingerprint density at radius 1 is 1.57 bits per heavy atom. The van der Waals surface area contributed by atoms with Crippen LogP contribution in [-0.2, 0) is 9.59 Å². The van der Waals surface area contributed by atoms with E-state index in [9.17, 15) is 9.59 Å². The van der Waals surface area contributed by atoms with E-state index in [1.807, 2.05) is 0 Å². The second kappa shape index (κ2) is 7.84. The van der Waals surface area contributed by atoms with Crippen LogP contribution in [0.1, 0.15) is 5.56 Å². The highest BCUT2D eigenvalue weighted by molar-refractivity contribution is 8.15. The van der Waals surface area contributed by atoms with Gasteiger partial charge >= 0.3 is 5.97 Å². The zero-order chi connectivity index (χ0) is 16.8. The van der Waals surface area contributed by atoms with E-state index in [0.717, 1.165) is 0 Å². The summed E-state index contributed by atoms with van der Waals surface area (Å²) in [6, 6.07) is 3.03. The maximum Gasteiger partial charge on any atom is 0.341 e. The predicted octanol–water partition coefficient (Wildman–Crippen LogP) is 1.36. The topological polar surface area (TPSA) is 110 Å². The summed E-state index contributed by atoms with van der Waals surface area (Å²) in [6.45, 7) is -0.542. The summed E-state index contributed by atoms with van der Waals surface area (Å²) in [5, 5.41) is 19.7. The highest BCUT2D eigenvalue weighted by atomic mass is 35.5. The molecule has 1 aromatic carbocycles. The van der Waals surface area contributed by atoms with Crippen molar-refractivity contribution in [2.75, 3.05) is 19.5 Å². The lowest BCUT2D eigenvalue weighted by Gasteiger charge is -2.12. The average Bonchev–Trinajstić information content (AvgIpc) is 2.91. The van der Waals surface area contributed by atoms with Gasteiger partial charge in [0.05, 0.1) is 19.1 Å². The van der Waals surface area contributed by atoms with Crippen molar-refractivity contribution >= 4 is 46.6 Å². The average molecular weight is 358 g/mol. The van der Waals surface area contributed by atoms with E-state index >= 15 is 0 Å². The molecule has 23 heavy (non-hydrogen) atoms. The number of carboxylic acids is 1. The Morgan fingerprint density at radius 3 is 2.96 bits per heavy atom. The maximum absolute atomic E-state index is 11.0. The van der Waals surface area contributed by atoms with Gasteiger partial charge in [-0.15, -0.1) is 5.10 Å². The normalized spacial score (nSPS) is 15.9. The molecular weight excluding hydrogens is 346 g/mol. The molecule has 0 unspecified atom stereocenters. The fourth-order valence-corrected chi connectivity index (χ4v) is 2.49. The van der Waals surface area contributed by atoms with Gasteiger partial charge in [0.2, 0.25) is 5.91 Å². The molecule has 0 radical (unpaired) electrons. The minimum absolute atomic E-state index is 0.140. The number of amides is 1. The first-order valence-corrected chi connectivity index (χ1v) is 7.61. The van der Waals surface area contributed by atoms with Gasteiger partial charge < -0.3 is 19.9 Å². The van der Waals surface area contributed by atoms with E-state index in [0.29, 0.717) is 21.5 Å². The van der Waals surface area contributed by atoms with Gasteiger partial charge in [-0.2, -0.15) is 5.10 Å². The van der Waals surface area contributed by atoms with E-state index in [-0.39, 0.29) is 17.4 Å². The summed E-state index contributed by atoms with van der Waals surface area (Å²) < 4.78 is 10.3. The number of amidine groups is 1. The molecule has 1 amide bonds. The van der Waals surface area contributed by atoms with Crippen molar-refractivity contribution in [1.82, 2.24) is 5.32 Å².